The molecule has 1 heteroatoms. The van der Waals surface area contributed by atoms with Crippen LogP contribution in [0.1, 0.15) is 105 Å². The zero-order chi connectivity index (χ0) is 47.8. The van der Waals surface area contributed by atoms with Crippen LogP contribution in [0, 0.1) is 0 Å². The highest BCUT2D eigenvalue weighted by molar-refractivity contribution is 6.82. The first-order valence-corrected chi connectivity index (χ1v) is 31.0. The Bertz CT molecular complexity index is 7410. The fourth-order valence-corrected chi connectivity index (χ4v) is 27.1. The lowest BCUT2D eigenvalue weighted by Gasteiger charge is -2.50. The van der Waals surface area contributed by atoms with E-state index >= 15 is 0 Å². The van der Waals surface area contributed by atoms with E-state index in [2.05, 4.69) is 25.1 Å². The summed E-state index contributed by atoms with van der Waals surface area (Å²) in [6, 6.07) is 8.07. The molecule has 0 bridgehead atoms. The van der Waals surface area contributed by atoms with Gasteiger partial charge in [0.2, 0.25) is 0 Å². The highest BCUT2D eigenvalue weighted by Crippen LogP contribution is 2.86. The maximum atomic E-state index is 4.94. The summed E-state index contributed by atoms with van der Waals surface area (Å²) in [6.07, 6.45) is 15.0. The molecule has 5 aliphatic rings. The molecule has 346 valence electrons. The molecule has 1 N–H and O–H groups in total. The monoisotopic (exact) mass is 979 g/mol. The topological polar surface area (TPSA) is 12.0 Å². The van der Waals surface area contributed by atoms with Gasteiger partial charge in [0.05, 0.1) is 5.41 Å². The summed E-state index contributed by atoms with van der Waals surface area (Å²) in [7, 11) is 0. The molecule has 29 aromatic rings. The van der Waals surface area contributed by atoms with Crippen LogP contribution in [-0.2, 0) is 17.4 Å². The molecule has 79 heavy (non-hydrogen) atoms. The molecule has 0 fully saturated rings. The number of unbranched alkanes of at least 4 members (excludes halogenated alkanes) is 9. The van der Waals surface area contributed by atoms with Gasteiger partial charge in [0.25, 0.3) is 0 Å². The molecule has 4 aliphatic carbocycles. The molecule has 0 saturated carbocycles. The molecule has 0 aromatic heterocycles. The molecule has 1 aliphatic heterocycles. The molecule has 2 spiro atoms. The van der Waals surface area contributed by atoms with E-state index in [1.807, 2.05) is 0 Å². The van der Waals surface area contributed by atoms with Crippen LogP contribution in [0.25, 0.3) is 291 Å². The molecule has 1 nitrogen and oxygen atoms in total. The van der Waals surface area contributed by atoms with Crippen molar-refractivity contribution in [2.75, 3.05) is 5.32 Å². The third kappa shape index (κ3) is 1.97. The highest BCUT2D eigenvalue weighted by atomic mass is 15.1. The molecule has 0 saturated heterocycles. The maximum absolute atomic E-state index is 4.94. The number of aryl methyl sites for hydroxylation is 1. The van der Waals surface area contributed by atoms with Crippen molar-refractivity contribution in [2.24, 2.45) is 0 Å². The van der Waals surface area contributed by atoms with Gasteiger partial charge in [-0.3, -0.25) is 0 Å². The minimum atomic E-state index is -0.462. The quantitative estimate of drug-likeness (QED) is 0.101. The highest BCUT2D eigenvalue weighted by Gasteiger charge is 2.73. The van der Waals surface area contributed by atoms with Crippen LogP contribution in [0.4, 0.5) is 5.69 Å². The minimum absolute atomic E-state index is 0.401. The van der Waals surface area contributed by atoms with Crippen LogP contribution in [0.15, 0.2) is 18.2 Å². The third-order valence-corrected chi connectivity index (χ3v) is 27.9. The van der Waals surface area contributed by atoms with Gasteiger partial charge in [-0.25, -0.2) is 0 Å². The Hall–Kier alpha value is -8.52. The van der Waals surface area contributed by atoms with Gasteiger partial charge in [-0.05, 0) is 332 Å². The van der Waals surface area contributed by atoms with Gasteiger partial charge in [0.1, 0.15) is 5.54 Å². The Morgan fingerprint density at radius 2 is 0.481 bits per heavy atom. The molecule has 0 atom stereocenters. The van der Waals surface area contributed by atoms with E-state index in [9.17, 15) is 0 Å². The molecular weight excluding hydrogens is 951 g/mol. The molecular formula is C78H29N. The Kier molecular flexibility index (Phi) is 3.29. The van der Waals surface area contributed by atoms with Crippen LogP contribution in [0.3, 0.4) is 0 Å². The predicted octanol–water partition coefficient (Wildman–Crippen LogP) is 22.2. The first-order chi connectivity index (χ1) is 39.4. The average Bonchev–Trinajstić information content (AvgIpc) is 1.41. The van der Waals surface area contributed by atoms with Crippen LogP contribution in [-0.4, -0.2) is 0 Å². The van der Waals surface area contributed by atoms with Gasteiger partial charge < -0.3 is 5.32 Å². The van der Waals surface area contributed by atoms with Gasteiger partial charge in [-0.15, -0.1) is 0 Å². The van der Waals surface area contributed by atoms with E-state index in [0.29, 0.717) is 0 Å². The summed E-state index contributed by atoms with van der Waals surface area (Å²) in [6.45, 7) is 2.34. The van der Waals surface area contributed by atoms with E-state index in [-0.39, 0.29) is 0 Å². The van der Waals surface area contributed by atoms with Gasteiger partial charge >= 0.3 is 0 Å². The Morgan fingerprint density at radius 3 is 0.747 bits per heavy atom. The number of anilines is 1. The summed E-state index contributed by atoms with van der Waals surface area (Å²) < 4.78 is 0. The van der Waals surface area contributed by atoms with E-state index < -0.39 is 11.0 Å². The van der Waals surface area contributed by atoms with Crippen LogP contribution >= 0.6 is 0 Å². The van der Waals surface area contributed by atoms with Gasteiger partial charge in [0, 0.05) is 16.8 Å². The summed E-state index contributed by atoms with van der Waals surface area (Å²) in [5.41, 5.74) is 10.6. The third-order valence-electron chi connectivity index (χ3n) is 27.9. The van der Waals surface area contributed by atoms with Crippen molar-refractivity contribution in [1.29, 1.82) is 0 Å². The van der Waals surface area contributed by atoms with E-state index in [0.717, 1.165) is 0 Å². The van der Waals surface area contributed by atoms with Gasteiger partial charge in [-0.2, -0.15) is 0 Å². The second kappa shape index (κ2) is 8.03. The van der Waals surface area contributed by atoms with Crippen LogP contribution < -0.4 is 5.32 Å². The van der Waals surface area contributed by atoms with Crippen LogP contribution in [0.2, 0.25) is 0 Å². The van der Waals surface area contributed by atoms with E-state index in [1.54, 1.807) is 324 Å². The van der Waals surface area contributed by atoms with Crippen molar-refractivity contribution in [3.05, 3.63) is 51.6 Å². The Morgan fingerprint density at radius 1 is 0.253 bits per heavy atom. The SMILES string of the molecule is CCCCCCCCCCCCc1ccc2c(c1)C13c4c5c6c7c8c9c(c%10c%11c1c1c4c4c%12c5c5c6c6c8c8c%13c9c9c%10c%10c%11c%11c1c1c4c4c%12c%12c5c5c6c8c6c8c%13c9c9c%10c%10c%11c1c1c4c4c%12c5c6c5c8c9c%10c1c45)C73N2. The van der Waals surface area contributed by atoms with Crippen molar-refractivity contribution >= 4 is 297 Å². The average molecular weight is 980 g/mol. The molecule has 34 rings (SSSR count). The molecule has 1 heterocycles. The number of fused-ring (bicyclic) bond motifs is 1. The fraction of sp³-hybridized carbons (Fsp3) is 0.179. The predicted molar refractivity (Wildman–Crippen MR) is 339 cm³/mol. The number of nitrogens with one attached hydrogen (secondary N) is 1. The van der Waals surface area contributed by atoms with Gasteiger partial charge in [-0.1, -0.05) is 76.8 Å². The van der Waals surface area contributed by atoms with Crippen molar-refractivity contribution in [2.45, 2.75) is 88.5 Å². The van der Waals surface area contributed by atoms with E-state index in [1.165, 1.54) is 76.3 Å². The summed E-state index contributed by atoms with van der Waals surface area (Å²) in [5, 5.41) is 95.2. The first kappa shape index (κ1) is 32.4. The Labute approximate surface area is 439 Å². The van der Waals surface area contributed by atoms with Crippen LogP contribution in [0.5, 0.6) is 0 Å². The second-order valence-electron chi connectivity index (χ2n) is 29.2. The van der Waals surface area contributed by atoms with E-state index in [4.69, 9.17) is 5.32 Å². The van der Waals surface area contributed by atoms with Crippen molar-refractivity contribution in [3.8, 4) is 0 Å². The van der Waals surface area contributed by atoms with Crippen molar-refractivity contribution in [1.82, 2.24) is 0 Å². The zero-order valence-corrected chi connectivity index (χ0v) is 42.5. The molecule has 29 aromatic carbocycles. The normalized spacial score (nSPS) is 21.0. The molecule has 0 unspecified atom stereocenters. The summed E-state index contributed by atoms with van der Waals surface area (Å²) in [5.74, 6) is 0. The fourth-order valence-electron chi connectivity index (χ4n) is 27.1. The number of benzene rings is 19. The number of hydrogen-bond acceptors (Lipinski definition) is 1. The number of hydrogen-bond donors (Lipinski definition) is 1. The lowest BCUT2D eigenvalue weighted by atomic mass is 9.52. The molecule has 0 amide bonds. The minimum Gasteiger partial charge on any atom is -0.370 e. The largest absolute Gasteiger partial charge is 0.370 e. The zero-order valence-electron chi connectivity index (χ0n) is 42.5. The lowest BCUT2D eigenvalue weighted by Crippen LogP contribution is -2.53. The summed E-state index contributed by atoms with van der Waals surface area (Å²) in [4.78, 5) is 0. The van der Waals surface area contributed by atoms with Gasteiger partial charge in [0.15, 0.2) is 0 Å². The maximum Gasteiger partial charge on any atom is 0.109 e. The summed E-state index contributed by atoms with van der Waals surface area (Å²) >= 11 is 0. The smallest absolute Gasteiger partial charge is 0.109 e. The standard InChI is InChI=1S/C78H29N/c1-2-3-4-5-6-7-8-9-10-11-12-16-13-14-18-17(15-16)77-73-65-57-47-37-29-21-19-20-23-27-25(21)33-41-35(27)45-39-31(23)32-24(20)28-26-22(19)30(29)38-44-34(26)42-36(28)46-40(32)50-49(39)61-55(45)63-53(41)59(51(57)43(33)37)67(73)69(63)75-71(61)72-62(50)56(46)64-54(42)60-52(44)58(48(38)47)66(65)74(77)68(60)70(64)76(72)78(75,77)79-18/h13-15,79H,2-12H2,1H3. The second-order valence-corrected chi connectivity index (χ2v) is 29.2. The Balaban J connectivity index is 0.915. The lowest BCUT2D eigenvalue weighted by molar-refractivity contribution is 0.454. The van der Waals surface area contributed by atoms with Crippen molar-refractivity contribution in [3.63, 3.8) is 0 Å². The molecule has 0 radical (unpaired) electrons. The van der Waals surface area contributed by atoms with Crippen molar-refractivity contribution < 1.29 is 0 Å². The number of rotatable bonds is 11. The first-order valence-electron chi connectivity index (χ1n) is 31.0.